The Hall–Kier alpha value is -2.63. The van der Waals surface area contributed by atoms with Crippen molar-refractivity contribution >= 4 is 17.6 Å². The highest BCUT2D eigenvalue weighted by molar-refractivity contribution is 6.01. The SMILES string of the molecule is COC(=O)c1ccccc1NC(=O)CCc1c(C)nn(C)c1C. The number of hydrogen-bond acceptors (Lipinski definition) is 4. The molecule has 1 heterocycles. The molecule has 122 valence electrons. The lowest BCUT2D eigenvalue weighted by molar-refractivity contribution is -0.116. The lowest BCUT2D eigenvalue weighted by Crippen LogP contribution is -2.16. The summed E-state index contributed by atoms with van der Waals surface area (Å²) in [4.78, 5) is 23.9. The molecule has 0 saturated heterocycles. The molecule has 1 aromatic carbocycles. The van der Waals surface area contributed by atoms with Gasteiger partial charge in [-0.1, -0.05) is 12.1 Å². The average molecular weight is 315 g/mol. The largest absolute Gasteiger partial charge is 0.465 e. The molecule has 0 radical (unpaired) electrons. The summed E-state index contributed by atoms with van der Waals surface area (Å²) < 4.78 is 6.54. The molecule has 6 heteroatoms. The van der Waals surface area contributed by atoms with Gasteiger partial charge in [0.2, 0.25) is 5.91 Å². The predicted octanol–water partition coefficient (Wildman–Crippen LogP) is 2.39. The van der Waals surface area contributed by atoms with Crippen molar-refractivity contribution in [1.29, 1.82) is 0 Å². The van der Waals surface area contributed by atoms with Gasteiger partial charge >= 0.3 is 5.97 Å². The molecular formula is C17H21N3O3. The minimum atomic E-state index is -0.472. The summed E-state index contributed by atoms with van der Waals surface area (Å²) in [6.45, 7) is 3.92. The first-order chi connectivity index (χ1) is 10.9. The molecule has 0 aliphatic carbocycles. The number of aryl methyl sites for hydroxylation is 2. The number of esters is 1. The van der Waals surface area contributed by atoms with E-state index in [-0.39, 0.29) is 5.91 Å². The molecule has 6 nitrogen and oxygen atoms in total. The van der Waals surface area contributed by atoms with E-state index >= 15 is 0 Å². The predicted molar refractivity (Wildman–Crippen MR) is 87.4 cm³/mol. The van der Waals surface area contributed by atoms with Crippen molar-refractivity contribution in [2.24, 2.45) is 7.05 Å². The number of amides is 1. The maximum atomic E-state index is 12.2. The third-order valence-corrected chi connectivity index (χ3v) is 3.87. The van der Waals surface area contributed by atoms with Crippen LogP contribution >= 0.6 is 0 Å². The van der Waals surface area contributed by atoms with Gasteiger partial charge in [-0.05, 0) is 38.0 Å². The fourth-order valence-electron chi connectivity index (χ4n) is 2.51. The Kier molecular flexibility index (Phi) is 5.16. The second-order valence-electron chi connectivity index (χ2n) is 5.36. The Morgan fingerprint density at radius 2 is 1.96 bits per heavy atom. The number of ether oxygens (including phenoxy) is 1. The first-order valence-electron chi connectivity index (χ1n) is 7.40. The molecule has 0 unspecified atom stereocenters. The lowest BCUT2D eigenvalue weighted by atomic mass is 10.1. The van der Waals surface area contributed by atoms with Crippen molar-refractivity contribution in [2.75, 3.05) is 12.4 Å². The van der Waals surface area contributed by atoms with Gasteiger partial charge in [0.25, 0.3) is 0 Å². The van der Waals surface area contributed by atoms with Gasteiger partial charge in [0.15, 0.2) is 0 Å². The molecule has 2 rings (SSSR count). The summed E-state index contributed by atoms with van der Waals surface area (Å²) >= 11 is 0. The van der Waals surface area contributed by atoms with Gasteiger partial charge in [-0.3, -0.25) is 9.48 Å². The number of carbonyl (C=O) groups excluding carboxylic acids is 2. The summed E-state index contributed by atoms with van der Waals surface area (Å²) in [6.07, 6.45) is 0.931. The second kappa shape index (κ2) is 7.09. The minimum Gasteiger partial charge on any atom is -0.465 e. The third-order valence-electron chi connectivity index (χ3n) is 3.87. The van der Waals surface area contributed by atoms with Crippen molar-refractivity contribution in [3.63, 3.8) is 0 Å². The monoisotopic (exact) mass is 315 g/mol. The van der Waals surface area contributed by atoms with E-state index in [2.05, 4.69) is 10.4 Å². The molecule has 2 aromatic rings. The van der Waals surface area contributed by atoms with E-state index in [1.807, 2.05) is 25.6 Å². The van der Waals surface area contributed by atoms with Gasteiger partial charge < -0.3 is 10.1 Å². The molecule has 1 aromatic heterocycles. The number of rotatable bonds is 5. The Bertz CT molecular complexity index is 735. The Morgan fingerprint density at radius 3 is 2.57 bits per heavy atom. The van der Waals surface area contributed by atoms with Crippen LogP contribution < -0.4 is 5.32 Å². The van der Waals surface area contributed by atoms with Crippen molar-refractivity contribution in [3.05, 3.63) is 46.8 Å². The maximum Gasteiger partial charge on any atom is 0.339 e. The van der Waals surface area contributed by atoms with E-state index in [0.29, 0.717) is 24.1 Å². The van der Waals surface area contributed by atoms with Crippen LogP contribution in [0.15, 0.2) is 24.3 Å². The number of carbonyl (C=O) groups is 2. The number of hydrogen-bond donors (Lipinski definition) is 1. The van der Waals surface area contributed by atoms with Gasteiger partial charge in [0, 0.05) is 19.2 Å². The highest BCUT2D eigenvalue weighted by atomic mass is 16.5. The molecule has 0 aliphatic rings. The Balaban J connectivity index is 2.05. The maximum absolute atomic E-state index is 12.2. The van der Waals surface area contributed by atoms with Crippen LogP contribution in [0.1, 0.15) is 33.7 Å². The zero-order valence-electron chi connectivity index (χ0n) is 13.8. The van der Waals surface area contributed by atoms with Gasteiger partial charge in [0.05, 0.1) is 24.1 Å². The van der Waals surface area contributed by atoms with Crippen LogP contribution in [0.5, 0.6) is 0 Å². The fraction of sp³-hybridized carbons (Fsp3) is 0.353. The van der Waals surface area contributed by atoms with Crippen molar-refractivity contribution in [1.82, 2.24) is 9.78 Å². The van der Waals surface area contributed by atoms with Gasteiger partial charge in [-0.2, -0.15) is 5.10 Å². The van der Waals surface area contributed by atoms with E-state index in [1.54, 1.807) is 24.3 Å². The number of para-hydroxylation sites is 1. The van der Waals surface area contributed by atoms with E-state index < -0.39 is 5.97 Å². The molecule has 0 saturated carbocycles. The van der Waals surface area contributed by atoms with Crippen LogP contribution in [-0.2, 0) is 23.0 Å². The van der Waals surface area contributed by atoms with E-state index in [1.165, 1.54) is 7.11 Å². The quantitative estimate of drug-likeness (QED) is 0.860. The van der Waals surface area contributed by atoms with Gasteiger partial charge in [-0.25, -0.2) is 4.79 Å². The normalized spacial score (nSPS) is 10.4. The molecule has 0 fully saturated rings. The van der Waals surface area contributed by atoms with Crippen molar-refractivity contribution in [3.8, 4) is 0 Å². The number of aromatic nitrogens is 2. The summed E-state index contributed by atoms with van der Waals surface area (Å²) in [7, 11) is 3.20. The zero-order valence-corrected chi connectivity index (χ0v) is 13.8. The smallest absolute Gasteiger partial charge is 0.339 e. The fourth-order valence-corrected chi connectivity index (χ4v) is 2.51. The van der Waals surface area contributed by atoms with Crippen LogP contribution in [0, 0.1) is 13.8 Å². The Morgan fingerprint density at radius 1 is 1.26 bits per heavy atom. The first kappa shape index (κ1) is 16.7. The van der Waals surface area contributed by atoms with Crippen LogP contribution in [0.2, 0.25) is 0 Å². The minimum absolute atomic E-state index is 0.149. The molecule has 1 amide bonds. The van der Waals surface area contributed by atoms with E-state index in [4.69, 9.17) is 4.74 Å². The highest BCUT2D eigenvalue weighted by Gasteiger charge is 2.15. The van der Waals surface area contributed by atoms with E-state index in [9.17, 15) is 9.59 Å². The van der Waals surface area contributed by atoms with Gasteiger partial charge in [0.1, 0.15) is 0 Å². The summed E-state index contributed by atoms with van der Waals surface area (Å²) in [5.41, 5.74) is 3.89. The zero-order chi connectivity index (χ0) is 17.0. The third kappa shape index (κ3) is 3.77. The topological polar surface area (TPSA) is 73.2 Å². The number of anilines is 1. The summed E-state index contributed by atoms with van der Waals surface area (Å²) in [5, 5.41) is 7.12. The van der Waals surface area contributed by atoms with E-state index in [0.717, 1.165) is 17.0 Å². The van der Waals surface area contributed by atoms with Crippen LogP contribution in [0.3, 0.4) is 0 Å². The molecular weight excluding hydrogens is 294 g/mol. The summed E-state index contributed by atoms with van der Waals surface area (Å²) in [6, 6.07) is 6.79. The molecule has 23 heavy (non-hydrogen) atoms. The molecule has 1 N–H and O–H groups in total. The molecule has 0 bridgehead atoms. The number of nitrogens with one attached hydrogen (secondary N) is 1. The lowest BCUT2D eigenvalue weighted by Gasteiger charge is -2.09. The second-order valence-corrected chi connectivity index (χ2v) is 5.36. The van der Waals surface area contributed by atoms with Crippen LogP contribution in [0.4, 0.5) is 5.69 Å². The van der Waals surface area contributed by atoms with Gasteiger partial charge in [-0.15, -0.1) is 0 Å². The number of benzene rings is 1. The number of methoxy groups -OCH3 is 1. The Labute approximate surface area is 135 Å². The highest BCUT2D eigenvalue weighted by Crippen LogP contribution is 2.18. The van der Waals surface area contributed by atoms with Crippen molar-refractivity contribution < 1.29 is 14.3 Å². The first-order valence-corrected chi connectivity index (χ1v) is 7.40. The molecule has 0 spiro atoms. The van der Waals surface area contributed by atoms with Crippen LogP contribution in [0.25, 0.3) is 0 Å². The average Bonchev–Trinajstić information content (AvgIpc) is 2.78. The number of nitrogens with zero attached hydrogens (tertiary/aromatic N) is 2. The van der Waals surface area contributed by atoms with Crippen molar-refractivity contribution in [2.45, 2.75) is 26.7 Å². The molecule has 0 aliphatic heterocycles. The standard InChI is InChI=1S/C17H21N3O3/c1-11-13(12(2)20(3)19-11)9-10-16(21)18-15-8-6-5-7-14(15)17(22)23-4/h5-8H,9-10H2,1-4H3,(H,18,21). The molecule has 0 atom stereocenters. The van der Waals surface area contributed by atoms with Crippen LogP contribution in [-0.4, -0.2) is 28.8 Å². The summed E-state index contributed by atoms with van der Waals surface area (Å²) in [5.74, 6) is -0.621.